The molecule has 3 N–H and O–H groups in total. The molecule has 0 aliphatic rings. The third kappa shape index (κ3) is 2.93. The van der Waals surface area contributed by atoms with Crippen LogP contribution in [0, 0.1) is 6.92 Å². The molecule has 7 nitrogen and oxygen atoms in total. The summed E-state index contributed by atoms with van der Waals surface area (Å²) in [6.07, 6.45) is 3.36. The molecule has 1 aromatic carbocycles. The van der Waals surface area contributed by atoms with Gasteiger partial charge in [0.05, 0.1) is 5.56 Å². The van der Waals surface area contributed by atoms with Crippen LogP contribution in [-0.2, 0) is 0 Å². The molecule has 0 saturated carbocycles. The maximum absolute atomic E-state index is 10.8. The summed E-state index contributed by atoms with van der Waals surface area (Å²) in [5.41, 5.74) is 2.56. The van der Waals surface area contributed by atoms with E-state index in [1.165, 1.54) is 12.1 Å². The molecule has 0 saturated heterocycles. The lowest BCUT2D eigenvalue weighted by Gasteiger charge is -2.06. The number of carbonyl (C=O) groups is 1. The molecule has 2 heterocycles. The number of carboxylic acids is 1. The lowest BCUT2D eigenvalue weighted by Crippen LogP contribution is -2.00. The molecule has 0 fully saturated rings. The van der Waals surface area contributed by atoms with Gasteiger partial charge in [0.15, 0.2) is 5.82 Å². The lowest BCUT2D eigenvalue weighted by molar-refractivity contribution is 0.0697. The van der Waals surface area contributed by atoms with Gasteiger partial charge >= 0.3 is 5.97 Å². The maximum Gasteiger partial charge on any atom is 0.335 e. The fourth-order valence-electron chi connectivity index (χ4n) is 1.92. The highest BCUT2D eigenvalue weighted by atomic mass is 16.4. The van der Waals surface area contributed by atoms with Gasteiger partial charge in [-0.2, -0.15) is 0 Å². The normalized spacial score (nSPS) is 10.4. The van der Waals surface area contributed by atoms with Gasteiger partial charge in [0.25, 0.3) is 0 Å². The number of aromatic carboxylic acids is 1. The number of carboxylic acid groups (broad SMARTS) is 1. The van der Waals surface area contributed by atoms with Crippen LogP contribution in [0.3, 0.4) is 0 Å². The molecule has 0 aliphatic carbocycles. The maximum atomic E-state index is 10.8. The van der Waals surface area contributed by atoms with Crippen LogP contribution in [0.4, 0.5) is 11.6 Å². The molecule has 0 atom stereocenters. The van der Waals surface area contributed by atoms with E-state index in [2.05, 4.69) is 25.3 Å². The molecule has 0 spiro atoms. The molecule has 0 unspecified atom stereocenters. The van der Waals surface area contributed by atoms with Crippen molar-refractivity contribution < 1.29 is 9.90 Å². The molecule has 0 bridgehead atoms. The average molecular weight is 295 g/mol. The van der Waals surface area contributed by atoms with Crippen molar-refractivity contribution in [2.75, 3.05) is 5.32 Å². The second kappa shape index (κ2) is 5.65. The van der Waals surface area contributed by atoms with E-state index in [0.717, 1.165) is 5.69 Å². The van der Waals surface area contributed by atoms with E-state index in [0.29, 0.717) is 23.2 Å². The minimum absolute atomic E-state index is 0.228. The molecule has 0 aliphatic heterocycles. The molecule has 22 heavy (non-hydrogen) atoms. The Kier molecular flexibility index (Phi) is 3.53. The summed E-state index contributed by atoms with van der Waals surface area (Å²) in [6, 6.07) is 8.12. The van der Waals surface area contributed by atoms with Gasteiger partial charge in [-0.25, -0.2) is 19.7 Å². The van der Waals surface area contributed by atoms with Gasteiger partial charge < -0.3 is 15.4 Å². The summed E-state index contributed by atoms with van der Waals surface area (Å²) in [5.74, 6) is 0.122. The van der Waals surface area contributed by atoms with E-state index in [9.17, 15) is 4.79 Å². The number of aromatic nitrogens is 4. The number of aromatic amines is 1. The standard InChI is InChI=1S/C15H13N5O2/c1-9-8-17-13(18-9)12-6-7-16-15(20-12)19-11-4-2-10(3-5-11)14(21)22/h2-8H,1H3,(H,17,18)(H,21,22)(H,16,19,20). The monoisotopic (exact) mass is 295 g/mol. The summed E-state index contributed by atoms with van der Waals surface area (Å²) in [6.45, 7) is 1.92. The van der Waals surface area contributed by atoms with E-state index < -0.39 is 5.97 Å². The number of aryl methyl sites for hydroxylation is 1. The van der Waals surface area contributed by atoms with Gasteiger partial charge in [-0.05, 0) is 37.3 Å². The molecule has 0 amide bonds. The van der Waals surface area contributed by atoms with Gasteiger partial charge in [-0.1, -0.05) is 0 Å². The first-order valence-electron chi connectivity index (χ1n) is 6.57. The largest absolute Gasteiger partial charge is 0.478 e. The van der Waals surface area contributed by atoms with Crippen molar-refractivity contribution in [1.82, 2.24) is 19.9 Å². The molecule has 7 heteroatoms. The summed E-state index contributed by atoms with van der Waals surface area (Å²) in [4.78, 5) is 26.7. The van der Waals surface area contributed by atoms with Crippen LogP contribution in [-0.4, -0.2) is 31.0 Å². The fraction of sp³-hybridized carbons (Fsp3) is 0.0667. The zero-order valence-electron chi connectivity index (χ0n) is 11.7. The highest BCUT2D eigenvalue weighted by molar-refractivity contribution is 5.88. The quantitative estimate of drug-likeness (QED) is 0.683. The van der Waals surface area contributed by atoms with Gasteiger partial charge in [-0.3, -0.25) is 0 Å². The number of hydrogen-bond acceptors (Lipinski definition) is 5. The first-order valence-corrected chi connectivity index (χ1v) is 6.57. The topological polar surface area (TPSA) is 104 Å². The van der Waals surface area contributed by atoms with Crippen molar-refractivity contribution in [3.05, 3.63) is 54.0 Å². The molecule has 110 valence electrons. The molecule has 2 aromatic heterocycles. The van der Waals surface area contributed by atoms with E-state index in [1.807, 2.05) is 6.92 Å². The first-order chi connectivity index (χ1) is 10.6. The Balaban J connectivity index is 1.82. The Morgan fingerprint density at radius 1 is 1.18 bits per heavy atom. The van der Waals surface area contributed by atoms with E-state index in [-0.39, 0.29) is 5.56 Å². The predicted molar refractivity (Wildman–Crippen MR) is 81.0 cm³/mol. The van der Waals surface area contributed by atoms with Crippen molar-refractivity contribution in [2.24, 2.45) is 0 Å². The van der Waals surface area contributed by atoms with Crippen LogP contribution in [0.5, 0.6) is 0 Å². The smallest absolute Gasteiger partial charge is 0.335 e. The minimum Gasteiger partial charge on any atom is -0.478 e. The van der Waals surface area contributed by atoms with Crippen molar-refractivity contribution in [1.29, 1.82) is 0 Å². The highest BCUT2D eigenvalue weighted by Crippen LogP contribution is 2.17. The number of H-pyrrole nitrogens is 1. The Morgan fingerprint density at radius 2 is 1.95 bits per heavy atom. The van der Waals surface area contributed by atoms with Gasteiger partial charge in [0.1, 0.15) is 5.69 Å². The van der Waals surface area contributed by atoms with Crippen LogP contribution in [0.2, 0.25) is 0 Å². The molecule has 0 radical (unpaired) electrons. The van der Waals surface area contributed by atoms with Crippen LogP contribution in [0.15, 0.2) is 42.7 Å². The third-order valence-electron chi connectivity index (χ3n) is 2.99. The van der Waals surface area contributed by atoms with Crippen molar-refractivity contribution >= 4 is 17.6 Å². The summed E-state index contributed by atoms with van der Waals surface area (Å²) in [5, 5.41) is 11.9. The SMILES string of the molecule is Cc1cnc(-c2ccnc(Nc3ccc(C(=O)O)cc3)n2)[nH]1. The Labute approximate surface area is 126 Å². The number of imidazole rings is 1. The molecular formula is C15H13N5O2. The summed E-state index contributed by atoms with van der Waals surface area (Å²) in [7, 11) is 0. The van der Waals surface area contributed by atoms with E-state index in [1.54, 1.807) is 30.6 Å². The zero-order chi connectivity index (χ0) is 15.5. The third-order valence-corrected chi connectivity index (χ3v) is 2.99. The van der Waals surface area contributed by atoms with Gasteiger partial charge in [0, 0.05) is 23.8 Å². The zero-order valence-corrected chi connectivity index (χ0v) is 11.7. The van der Waals surface area contributed by atoms with Crippen molar-refractivity contribution in [3.8, 4) is 11.5 Å². The lowest BCUT2D eigenvalue weighted by atomic mass is 10.2. The second-order valence-electron chi connectivity index (χ2n) is 4.69. The van der Waals surface area contributed by atoms with Crippen LogP contribution < -0.4 is 5.32 Å². The van der Waals surface area contributed by atoms with Crippen LogP contribution >= 0.6 is 0 Å². The average Bonchev–Trinajstić information content (AvgIpc) is 2.95. The van der Waals surface area contributed by atoms with Gasteiger partial charge in [0.2, 0.25) is 5.95 Å². The Bertz CT molecular complexity index is 811. The number of benzene rings is 1. The molecule has 3 aromatic rings. The number of nitrogens with one attached hydrogen (secondary N) is 2. The van der Waals surface area contributed by atoms with Crippen molar-refractivity contribution in [2.45, 2.75) is 6.92 Å². The summed E-state index contributed by atoms with van der Waals surface area (Å²) < 4.78 is 0. The van der Waals surface area contributed by atoms with Crippen LogP contribution in [0.1, 0.15) is 16.1 Å². The van der Waals surface area contributed by atoms with E-state index in [4.69, 9.17) is 5.11 Å². The van der Waals surface area contributed by atoms with Gasteiger partial charge in [-0.15, -0.1) is 0 Å². The van der Waals surface area contributed by atoms with E-state index >= 15 is 0 Å². The summed E-state index contributed by atoms with van der Waals surface area (Å²) >= 11 is 0. The van der Waals surface area contributed by atoms with Crippen molar-refractivity contribution in [3.63, 3.8) is 0 Å². The number of nitrogens with zero attached hydrogens (tertiary/aromatic N) is 3. The highest BCUT2D eigenvalue weighted by Gasteiger charge is 2.06. The number of anilines is 2. The number of hydrogen-bond donors (Lipinski definition) is 3. The molecule has 3 rings (SSSR count). The first kappa shape index (κ1) is 13.7. The second-order valence-corrected chi connectivity index (χ2v) is 4.69. The Hall–Kier alpha value is -3.22. The Morgan fingerprint density at radius 3 is 2.59 bits per heavy atom. The minimum atomic E-state index is -0.960. The number of rotatable bonds is 4. The fourth-order valence-corrected chi connectivity index (χ4v) is 1.92. The molecular weight excluding hydrogens is 282 g/mol. The predicted octanol–water partition coefficient (Wildman–Crippen LogP) is 2.62. The van der Waals surface area contributed by atoms with Crippen LogP contribution in [0.25, 0.3) is 11.5 Å².